The second-order valence-corrected chi connectivity index (χ2v) is 7.50. The number of ether oxygens (including phenoxy) is 2. The number of nitrogens with one attached hydrogen (secondary N) is 1. The largest absolute Gasteiger partial charge is 0.474 e. The van der Waals surface area contributed by atoms with Gasteiger partial charge < -0.3 is 14.8 Å². The lowest BCUT2D eigenvalue weighted by Gasteiger charge is -2.47. The summed E-state index contributed by atoms with van der Waals surface area (Å²) in [7, 11) is 1.89. The van der Waals surface area contributed by atoms with E-state index >= 15 is 0 Å². The van der Waals surface area contributed by atoms with Gasteiger partial charge in [-0.25, -0.2) is 4.98 Å². The number of aryl methyl sites for hydroxylation is 1. The zero-order chi connectivity index (χ0) is 18.3. The first-order valence-electron chi connectivity index (χ1n) is 9.47. The molecule has 1 N–H and O–H groups in total. The van der Waals surface area contributed by atoms with Gasteiger partial charge in [-0.05, 0) is 37.5 Å². The van der Waals surface area contributed by atoms with Gasteiger partial charge in [0.25, 0.3) is 0 Å². The van der Waals surface area contributed by atoms with E-state index in [1.165, 1.54) is 6.42 Å². The summed E-state index contributed by atoms with van der Waals surface area (Å²) in [5.74, 6) is 0.594. The predicted octanol–water partition coefficient (Wildman–Crippen LogP) is 2.32. The molecule has 0 bridgehead atoms. The van der Waals surface area contributed by atoms with E-state index in [9.17, 15) is 0 Å². The lowest BCUT2D eigenvalue weighted by atomic mass is 9.79. The van der Waals surface area contributed by atoms with E-state index in [0.717, 1.165) is 48.1 Å². The SMILES string of the molecule is Cn1cc(-c2cc3ncccc3c(OC[C@@H]3CNCC4(CCC4)O3)n2)cn1. The van der Waals surface area contributed by atoms with E-state index in [4.69, 9.17) is 14.5 Å². The predicted molar refractivity (Wildman–Crippen MR) is 102 cm³/mol. The number of morpholine rings is 1. The van der Waals surface area contributed by atoms with Gasteiger partial charge in [-0.2, -0.15) is 5.10 Å². The van der Waals surface area contributed by atoms with Crippen molar-refractivity contribution in [2.24, 2.45) is 7.05 Å². The first-order valence-corrected chi connectivity index (χ1v) is 9.47. The van der Waals surface area contributed by atoms with Gasteiger partial charge in [0.15, 0.2) is 0 Å². The fourth-order valence-electron chi connectivity index (χ4n) is 3.88. The Morgan fingerprint density at radius 3 is 3.11 bits per heavy atom. The third kappa shape index (κ3) is 3.17. The Hall–Kier alpha value is -2.51. The highest BCUT2D eigenvalue weighted by Crippen LogP contribution is 2.37. The maximum Gasteiger partial charge on any atom is 0.223 e. The van der Waals surface area contributed by atoms with Crippen molar-refractivity contribution >= 4 is 10.9 Å². The van der Waals surface area contributed by atoms with E-state index in [1.54, 1.807) is 17.1 Å². The Bertz CT molecular complexity index is 966. The molecule has 5 rings (SSSR count). The van der Waals surface area contributed by atoms with Crippen LogP contribution in [-0.2, 0) is 11.8 Å². The number of rotatable bonds is 4. The molecule has 0 amide bonds. The Labute approximate surface area is 157 Å². The van der Waals surface area contributed by atoms with E-state index < -0.39 is 0 Å². The summed E-state index contributed by atoms with van der Waals surface area (Å²) < 4.78 is 14.2. The first kappa shape index (κ1) is 16.6. The number of fused-ring (bicyclic) bond motifs is 1. The van der Waals surface area contributed by atoms with Gasteiger partial charge in [-0.3, -0.25) is 9.67 Å². The number of nitrogens with zero attached hydrogens (tertiary/aromatic N) is 4. The lowest BCUT2D eigenvalue weighted by molar-refractivity contribution is -0.165. The number of hydrogen-bond acceptors (Lipinski definition) is 6. The Morgan fingerprint density at radius 2 is 2.33 bits per heavy atom. The van der Waals surface area contributed by atoms with Crippen molar-refractivity contribution < 1.29 is 9.47 Å². The van der Waals surface area contributed by atoms with Gasteiger partial charge in [0.2, 0.25) is 5.88 Å². The highest BCUT2D eigenvalue weighted by atomic mass is 16.6. The average Bonchev–Trinajstić information content (AvgIpc) is 3.11. The summed E-state index contributed by atoms with van der Waals surface area (Å²) in [5, 5.41) is 8.64. The number of pyridine rings is 2. The topological polar surface area (TPSA) is 74.1 Å². The molecule has 2 aliphatic rings. The quantitative estimate of drug-likeness (QED) is 0.765. The molecule has 0 aromatic carbocycles. The Kier molecular flexibility index (Phi) is 4.06. The lowest BCUT2D eigenvalue weighted by Crippen LogP contribution is -2.58. The zero-order valence-electron chi connectivity index (χ0n) is 15.4. The highest BCUT2D eigenvalue weighted by molar-refractivity contribution is 5.86. The van der Waals surface area contributed by atoms with Gasteiger partial charge in [-0.15, -0.1) is 0 Å². The van der Waals surface area contributed by atoms with Crippen molar-refractivity contribution in [2.45, 2.75) is 31.0 Å². The second-order valence-electron chi connectivity index (χ2n) is 7.50. The molecule has 1 aliphatic heterocycles. The van der Waals surface area contributed by atoms with Crippen LogP contribution in [0.5, 0.6) is 5.88 Å². The minimum atomic E-state index is 0.0287. The molecule has 1 spiro atoms. The monoisotopic (exact) mass is 365 g/mol. The van der Waals surface area contributed by atoms with Crippen molar-refractivity contribution in [3.8, 4) is 17.1 Å². The van der Waals surface area contributed by atoms with E-state index in [-0.39, 0.29) is 11.7 Å². The van der Waals surface area contributed by atoms with E-state index in [0.29, 0.717) is 12.5 Å². The standard InChI is InChI=1S/C20H23N5O2/c1-25-11-14(9-23-25)17-8-18-16(4-2-7-22-18)19(24-17)26-12-15-10-21-13-20(27-15)5-3-6-20/h2,4,7-9,11,15,21H,3,5-6,10,12-13H2,1H3/t15-/m0/s1. The molecule has 7 heteroatoms. The molecule has 2 fully saturated rings. The van der Waals surface area contributed by atoms with Gasteiger partial charge in [0.1, 0.15) is 12.7 Å². The van der Waals surface area contributed by atoms with Crippen LogP contribution in [0, 0.1) is 0 Å². The van der Waals surface area contributed by atoms with Gasteiger partial charge in [0.05, 0.1) is 28.4 Å². The summed E-state index contributed by atoms with van der Waals surface area (Å²) >= 11 is 0. The van der Waals surface area contributed by atoms with Crippen molar-refractivity contribution in [2.75, 3.05) is 19.7 Å². The molecular weight excluding hydrogens is 342 g/mol. The summed E-state index contributed by atoms with van der Waals surface area (Å²) in [4.78, 5) is 9.23. The molecule has 3 aromatic heterocycles. The highest BCUT2D eigenvalue weighted by Gasteiger charge is 2.42. The minimum absolute atomic E-state index is 0.0287. The van der Waals surface area contributed by atoms with E-state index in [2.05, 4.69) is 15.4 Å². The molecule has 140 valence electrons. The maximum atomic E-state index is 6.32. The molecule has 7 nitrogen and oxygen atoms in total. The van der Waals surface area contributed by atoms with Gasteiger partial charge in [0, 0.05) is 38.1 Å². The molecule has 1 aliphatic carbocycles. The fraction of sp³-hybridized carbons (Fsp3) is 0.450. The molecular formula is C20H23N5O2. The molecule has 3 aromatic rings. The number of hydrogen-bond donors (Lipinski definition) is 1. The Morgan fingerprint density at radius 1 is 1.41 bits per heavy atom. The summed E-state index contributed by atoms with van der Waals surface area (Å²) in [6.07, 6.45) is 9.09. The van der Waals surface area contributed by atoms with Crippen LogP contribution in [0.1, 0.15) is 19.3 Å². The van der Waals surface area contributed by atoms with Gasteiger partial charge in [-0.1, -0.05) is 0 Å². The van der Waals surface area contributed by atoms with Crippen LogP contribution in [0.15, 0.2) is 36.8 Å². The smallest absolute Gasteiger partial charge is 0.223 e. The zero-order valence-corrected chi connectivity index (χ0v) is 15.4. The Balaban J connectivity index is 1.41. The van der Waals surface area contributed by atoms with Crippen LogP contribution in [0.25, 0.3) is 22.2 Å². The molecule has 0 unspecified atom stereocenters. The van der Waals surface area contributed by atoms with Crippen LogP contribution < -0.4 is 10.1 Å². The van der Waals surface area contributed by atoms with E-state index in [1.807, 2.05) is 31.4 Å². The second kappa shape index (κ2) is 6.58. The molecule has 4 heterocycles. The van der Waals surface area contributed by atoms with Crippen LogP contribution >= 0.6 is 0 Å². The molecule has 1 atom stereocenters. The van der Waals surface area contributed by atoms with Crippen LogP contribution in [0.2, 0.25) is 0 Å². The van der Waals surface area contributed by atoms with Crippen molar-refractivity contribution in [3.63, 3.8) is 0 Å². The third-order valence-electron chi connectivity index (χ3n) is 5.47. The fourth-order valence-corrected chi connectivity index (χ4v) is 3.88. The van der Waals surface area contributed by atoms with Crippen LogP contribution in [0.4, 0.5) is 0 Å². The third-order valence-corrected chi connectivity index (χ3v) is 5.47. The van der Waals surface area contributed by atoms with Crippen molar-refractivity contribution in [1.82, 2.24) is 25.1 Å². The molecule has 1 saturated carbocycles. The normalized spacial score (nSPS) is 21.3. The molecule has 0 radical (unpaired) electrons. The summed E-state index contributed by atoms with van der Waals surface area (Å²) in [6, 6.07) is 5.87. The summed E-state index contributed by atoms with van der Waals surface area (Å²) in [6.45, 7) is 2.23. The summed E-state index contributed by atoms with van der Waals surface area (Å²) in [5.41, 5.74) is 2.64. The maximum absolute atomic E-state index is 6.32. The first-order chi connectivity index (χ1) is 13.2. The molecule has 1 saturated heterocycles. The van der Waals surface area contributed by atoms with Crippen LogP contribution in [-0.4, -0.2) is 51.1 Å². The molecule has 27 heavy (non-hydrogen) atoms. The number of aromatic nitrogens is 4. The average molecular weight is 365 g/mol. The van der Waals surface area contributed by atoms with Crippen LogP contribution in [0.3, 0.4) is 0 Å². The van der Waals surface area contributed by atoms with Crippen molar-refractivity contribution in [1.29, 1.82) is 0 Å². The minimum Gasteiger partial charge on any atom is -0.474 e. The van der Waals surface area contributed by atoms with Crippen molar-refractivity contribution in [3.05, 3.63) is 36.8 Å². The van der Waals surface area contributed by atoms with Gasteiger partial charge >= 0.3 is 0 Å².